The Kier molecular flexibility index (Phi) is 5.76. The molecule has 3 rings (SSSR count). The Labute approximate surface area is 159 Å². The molecule has 7 heteroatoms. The van der Waals surface area contributed by atoms with Crippen molar-refractivity contribution in [3.05, 3.63) is 69.8 Å². The third-order valence-corrected chi connectivity index (χ3v) is 5.15. The summed E-state index contributed by atoms with van der Waals surface area (Å²) in [5, 5.41) is 0.581. The van der Waals surface area contributed by atoms with Crippen molar-refractivity contribution < 1.29 is 18.7 Å². The predicted octanol–water partition coefficient (Wildman–Crippen LogP) is 4.00. The molecule has 0 fully saturated rings. The van der Waals surface area contributed by atoms with Gasteiger partial charge in [-0.25, -0.2) is 4.39 Å². The van der Waals surface area contributed by atoms with E-state index >= 15 is 0 Å². The van der Waals surface area contributed by atoms with Gasteiger partial charge in [0.15, 0.2) is 0 Å². The molecule has 2 aromatic carbocycles. The second-order valence-electron chi connectivity index (χ2n) is 5.52. The van der Waals surface area contributed by atoms with Gasteiger partial charge in [-0.3, -0.25) is 14.5 Å². The predicted molar refractivity (Wildman–Crippen MR) is 99.2 cm³/mol. The number of amides is 2. The van der Waals surface area contributed by atoms with Gasteiger partial charge in [0.05, 0.1) is 23.6 Å². The molecular formula is C19H15ClFNO3S. The van der Waals surface area contributed by atoms with Crippen LogP contribution in [0.5, 0.6) is 0 Å². The van der Waals surface area contributed by atoms with Gasteiger partial charge >= 0.3 is 0 Å². The lowest BCUT2D eigenvalue weighted by molar-refractivity contribution is -0.137. The van der Waals surface area contributed by atoms with Crippen LogP contribution in [-0.2, 0) is 14.3 Å². The maximum absolute atomic E-state index is 13.3. The van der Waals surface area contributed by atoms with Crippen LogP contribution in [0.15, 0.2) is 58.3 Å². The number of methoxy groups -OCH3 is 1. The van der Waals surface area contributed by atoms with Crippen molar-refractivity contribution in [1.82, 2.24) is 4.90 Å². The van der Waals surface area contributed by atoms with Gasteiger partial charge in [-0.1, -0.05) is 35.5 Å². The summed E-state index contributed by atoms with van der Waals surface area (Å²) in [7, 11) is 1.50. The van der Waals surface area contributed by atoms with Gasteiger partial charge in [-0.05, 0) is 42.0 Å². The summed E-state index contributed by atoms with van der Waals surface area (Å²) in [5.74, 6) is -1.20. The molecule has 0 atom stereocenters. The molecule has 0 aliphatic carbocycles. The fourth-order valence-electron chi connectivity index (χ4n) is 2.53. The van der Waals surface area contributed by atoms with Gasteiger partial charge in [0.25, 0.3) is 11.8 Å². The summed E-state index contributed by atoms with van der Waals surface area (Å²) in [6.45, 7) is 0.399. The number of thioether (sulfide) groups is 1. The highest BCUT2D eigenvalue weighted by Gasteiger charge is 2.39. The Bertz CT molecular complexity index is 865. The van der Waals surface area contributed by atoms with Gasteiger partial charge in [0, 0.05) is 17.0 Å². The molecule has 0 spiro atoms. The third-order valence-electron chi connectivity index (χ3n) is 3.81. The molecule has 134 valence electrons. The maximum atomic E-state index is 13.3. The molecule has 1 heterocycles. The van der Waals surface area contributed by atoms with Crippen LogP contribution in [-0.4, -0.2) is 37.0 Å². The molecule has 0 N–H and O–H groups in total. The Hall–Kier alpha value is -2.15. The second-order valence-corrected chi connectivity index (χ2v) is 7.04. The first-order chi connectivity index (χ1) is 12.5. The zero-order valence-corrected chi connectivity index (χ0v) is 15.4. The number of hydrogen-bond acceptors (Lipinski definition) is 4. The van der Waals surface area contributed by atoms with Gasteiger partial charge in [0.1, 0.15) is 5.82 Å². The smallest absolute Gasteiger partial charge is 0.268 e. The van der Waals surface area contributed by atoms with E-state index in [1.807, 2.05) is 0 Å². The van der Waals surface area contributed by atoms with Gasteiger partial charge in [-0.2, -0.15) is 0 Å². The molecule has 0 saturated heterocycles. The standard InChI is InChI=1S/C19H15ClFNO3S/c1-25-11-10-22-18(23)16(12-2-6-14(21)7-3-12)17(19(22)24)26-15-8-4-13(20)5-9-15/h2-9H,10-11H2,1H3. The van der Waals surface area contributed by atoms with E-state index < -0.39 is 11.7 Å². The van der Waals surface area contributed by atoms with Crippen LogP contribution in [0, 0.1) is 5.82 Å². The van der Waals surface area contributed by atoms with Gasteiger partial charge in [0.2, 0.25) is 0 Å². The zero-order valence-electron chi connectivity index (χ0n) is 13.9. The summed E-state index contributed by atoms with van der Waals surface area (Å²) < 4.78 is 18.2. The highest BCUT2D eigenvalue weighted by molar-refractivity contribution is 8.04. The minimum absolute atomic E-state index is 0.156. The molecule has 0 unspecified atom stereocenters. The molecule has 1 aliphatic rings. The number of ether oxygens (including phenoxy) is 1. The lowest BCUT2D eigenvalue weighted by Gasteiger charge is -2.14. The topological polar surface area (TPSA) is 46.6 Å². The first-order valence-corrected chi connectivity index (χ1v) is 8.99. The summed E-state index contributed by atoms with van der Waals surface area (Å²) >= 11 is 7.09. The number of imide groups is 1. The molecule has 26 heavy (non-hydrogen) atoms. The number of carbonyl (C=O) groups is 2. The highest BCUT2D eigenvalue weighted by Crippen LogP contribution is 2.39. The van der Waals surface area contributed by atoms with Gasteiger partial charge < -0.3 is 4.74 Å². The van der Waals surface area contributed by atoms with Crippen LogP contribution in [0.3, 0.4) is 0 Å². The van der Waals surface area contributed by atoms with Crippen LogP contribution < -0.4 is 0 Å². The van der Waals surface area contributed by atoms with Crippen molar-refractivity contribution in [1.29, 1.82) is 0 Å². The van der Waals surface area contributed by atoms with E-state index in [-0.39, 0.29) is 24.6 Å². The van der Waals surface area contributed by atoms with E-state index in [1.165, 1.54) is 43.1 Å². The van der Waals surface area contributed by atoms with Crippen LogP contribution in [0.25, 0.3) is 5.57 Å². The molecule has 0 aromatic heterocycles. The molecule has 0 saturated carbocycles. The quantitative estimate of drug-likeness (QED) is 0.698. The lowest BCUT2D eigenvalue weighted by atomic mass is 10.1. The first-order valence-electron chi connectivity index (χ1n) is 7.80. The van der Waals surface area contributed by atoms with Crippen LogP contribution >= 0.6 is 23.4 Å². The van der Waals surface area contributed by atoms with Crippen molar-refractivity contribution in [2.24, 2.45) is 0 Å². The maximum Gasteiger partial charge on any atom is 0.268 e. The molecule has 2 amide bonds. The Morgan fingerprint density at radius 1 is 1.04 bits per heavy atom. The van der Waals surface area contributed by atoms with Crippen molar-refractivity contribution in [2.45, 2.75) is 4.90 Å². The monoisotopic (exact) mass is 391 g/mol. The fourth-order valence-corrected chi connectivity index (χ4v) is 3.66. The number of nitrogens with zero attached hydrogens (tertiary/aromatic N) is 1. The van der Waals surface area contributed by atoms with Crippen molar-refractivity contribution >= 4 is 40.8 Å². The highest BCUT2D eigenvalue weighted by atomic mass is 35.5. The summed E-state index contributed by atoms with van der Waals surface area (Å²) in [4.78, 5) is 27.9. The lowest BCUT2D eigenvalue weighted by Crippen LogP contribution is -2.34. The van der Waals surface area contributed by atoms with Crippen LogP contribution in [0.1, 0.15) is 5.56 Å². The number of benzene rings is 2. The molecule has 4 nitrogen and oxygen atoms in total. The molecule has 0 radical (unpaired) electrons. The largest absolute Gasteiger partial charge is 0.383 e. The molecule has 0 bridgehead atoms. The second kappa shape index (κ2) is 8.03. The average Bonchev–Trinajstić information content (AvgIpc) is 2.86. The summed E-state index contributed by atoms with van der Waals surface area (Å²) in [6.07, 6.45) is 0. The third kappa shape index (κ3) is 3.82. The number of halogens is 2. The molecular weight excluding hydrogens is 377 g/mol. The zero-order chi connectivity index (χ0) is 18.7. The number of rotatable bonds is 6. The normalized spacial score (nSPS) is 14.5. The minimum Gasteiger partial charge on any atom is -0.383 e. The first kappa shape index (κ1) is 18.6. The molecule has 2 aromatic rings. The Balaban J connectivity index is 2.02. The van der Waals surface area contributed by atoms with Crippen molar-refractivity contribution in [3.63, 3.8) is 0 Å². The Morgan fingerprint density at radius 2 is 1.69 bits per heavy atom. The fraction of sp³-hybridized carbons (Fsp3) is 0.158. The van der Waals surface area contributed by atoms with E-state index in [2.05, 4.69) is 0 Å². The Morgan fingerprint density at radius 3 is 2.31 bits per heavy atom. The van der Waals surface area contributed by atoms with E-state index in [0.29, 0.717) is 15.5 Å². The van der Waals surface area contributed by atoms with E-state index in [0.717, 1.165) is 9.80 Å². The number of hydrogen-bond donors (Lipinski definition) is 0. The van der Waals surface area contributed by atoms with Crippen LogP contribution in [0.2, 0.25) is 5.02 Å². The van der Waals surface area contributed by atoms with Crippen molar-refractivity contribution in [2.75, 3.05) is 20.3 Å². The van der Waals surface area contributed by atoms with Crippen molar-refractivity contribution in [3.8, 4) is 0 Å². The minimum atomic E-state index is -0.408. The van der Waals surface area contributed by atoms with Crippen LogP contribution in [0.4, 0.5) is 4.39 Å². The van der Waals surface area contributed by atoms with E-state index in [1.54, 1.807) is 24.3 Å². The average molecular weight is 392 g/mol. The molecule has 1 aliphatic heterocycles. The number of carbonyl (C=O) groups excluding carboxylic acids is 2. The summed E-state index contributed by atoms with van der Waals surface area (Å²) in [5.41, 5.74) is 0.771. The van der Waals surface area contributed by atoms with Gasteiger partial charge in [-0.15, -0.1) is 0 Å². The van der Waals surface area contributed by atoms with E-state index in [9.17, 15) is 14.0 Å². The van der Waals surface area contributed by atoms with E-state index in [4.69, 9.17) is 16.3 Å². The SMILES string of the molecule is COCCN1C(=O)C(Sc2ccc(Cl)cc2)=C(c2ccc(F)cc2)C1=O. The summed E-state index contributed by atoms with van der Waals surface area (Å²) in [6, 6.07) is 12.5.